The first kappa shape index (κ1) is 10.9. The SMILES string of the molecule is CCCC#N.ClCCl. The van der Waals surface area contributed by atoms with Gasteiger partial charge < -0.3 is 0 Å². The molecule has 0 spiro atoms. The topological polar surface area (TPSA) is 23.8 Å². The maximum absolute atomic E-state index is 7.82. The second-order valence-corrected chi connectivity index (χ2v) is 1.82. The summed E-state index contributed by atoms with van der Waals surface area (Å²) >= 11 is 9.53. The van der Waals surface area contributed by atoms with E-state index in [-0.39, 0.29) is 5.34 Å². The van der Waals surface area contributed by atoms with Crippen LogP contribution in [0.1, 0.15) is 19.8 Å². The van der Waals surface area contributed by atoms with E-state index in [0.29, 0.717) is 6.42 Å². The van der Waals surface area contributed by atoms with Crippen molar-refractivity contribution in [1.82, 2.24) is 0 Å². The second-order valence-electron chi connectivity index (χ2n) is 1.01. The maximum atomic E-state index is 7.82. The lowest BCUT2D eigenvalue weighted by Gasteiger charge is -1.65. The average molecular weight is 154 g/mol. The van der Waals surface area contributed by atoms with Crippen LogP contribution in [0.4, 0.5) is 0 Å². The third kappa shape index (κ3) is 36.4. The van der Waals surface area contributed by atoms with E-state index < -0.39 is 0 Å². The van der Waals surface area contributed by atoms with Crippen LogP contribution in [0.5, 0.6) is 0 Å². The average Bonchev–Trinajstić information content (AvgIpc) is 1.71. The largest absolute Gasteiger partial charge is 0.198 e. The van der Waals surface area contributed by atoms with Crippen molar-refractivity contribution in [3.05, 3.63) is 0 Å². The van der Waals surface area contributed by atoms with E-state index in [9.17, 15) is 0 Å². The van der Waals surface area contributed by atoms with Gasteiger partial charge in [-0.1, -0.05) is 6.92 Å². The van der Waals surface area contributed by atoms with Gasteiger partial charge in [0.05, 0.1) is 11.4 Å². The fraction of sp³-hybridized carbons (Fsp3) is 0.800. The lowest BCUT2D eigenvalue weighted by molar-refractivity contribution is 0.969. The molecular formula is C5H9Cl2N. The van der Waals surface area contributed by atoms with Gasteiger partial charge in [-0.3, -0.25) is 0 Å². The van der Waals surface area contributed by atoms with Crippen LogP contribution in [-0.2, 0) is 0 Å². The number of unbranched alkanes of at least 4 members (excludes halogenated alkanes) is 1. The smallest absolute Gasteiger partial charge is 0.0967 e. The molecule has 0 N–H and O–H groups in total. The maximum Gasteiger partial charge on any atom is 0.0967 e. The molecule has 0 aromatic carbocycles. The number of hydrogen-bond donors (Lipinski definition) is 0. The van der Waals surface area contributed by atoms with Gasteiger partial charge in [-0.15, -0.1) is 23.2 Å². The first-order chi connectivity index (χ1) is 3.83. The van der Waals surface area contributed by atoms with Gasteiger partial charge in [-0.05, 0) is 6.42 Å². The summed E-state index contributed by atoms with van der Waals surface area (Å²) in [6.07, 6.45) is 1.68. The van der Waals surface area contributed by atoms with Gasteiger partial charge >= 0.3 is 0 Å². The van der Waals surface area contributed by atoms with Crippen LogP contribution >= 0.6 is 23.2 Å². The predicted molar refractivity (Wildman–Crippen MR) is 37.1 cm³/mol. The van der Waals surface area contributed by atoms with Gasteiger partial charge in [0.25, 0.3) is 0 Å². The van der Waals surface area contributed by atoms with E-state index in [4.69, 9.17) is 28.5 Å². The number of hydrogen-bond acceptors (Lipinski definition) is 1. The fourth-order valence-electron chi connectivity index (χ4n) is 0.112. The highest BCUT2D eigenvalue weighted by Crippen LogP contribution is 1.77. The molecule has 0 aromatic rings. The molecule has 0 aromatic heterocycles. The summed E-state index contributed by atoms with van der Waals surface area (Å²) in [6, 6.07) is 2.02. The monoisotopic (exact) mass is 153 g/mol. The highest BCUT2D eigenvalue weighted by atomic mass is 35.5. The molecule has 0 aliphatic rings. The van der Waals surface area contributed by atoms with Gasteiger partial charge in [0.1, 0.15) is 0 Å². The van der Waals surface area contributed by atoms with E-state index in [1.165, 1.54) is 0 Å². The third-order valence-electron chi connectivity index (χ3n) is 0.362. The Morgan fingerprint density at radius 3 is 1.88 bits per heavy atom. The zero-order chi connectivity index (χ0) is 6.83. The minimum atomic E-state index is 0.194. The van der Waals surface area contributed by atoms with Crippen molar-refractivity contribution in [2.24, 2.45) is 0 Å². The molecule has 0 aliphatic heterocycles. The van der Waals surface area contributed by atoms with E-state index >= 15 is 0 Å². The Balaban J connectivity index is 0. The van der Waals surface area contributed by atoms with Crippen LogP contribution in [0.3, 0.4) is 0 Å². The Hall–Kier alpha value is 0.0700. The van der Waals surface area contributed by atoms with Crippen LogP contribution in [0.2, 0.25) is 0 Å². The van der Waals surface area contributed by atoms with Crippen LogP contribution in [0.25, 0.3) is 0 Å². The van der Waals surface area contributed by atoms with E-state index in [1.54, 1.807) is 0 Å². The molecule has 1 nitrogen and oxygen atoms in total. The van der Waals surface area contributed by atoms with Gasteiger partial charge in [0.15, 0.2) is 0 Å². The second kappa shape index (κ2) is 15.7. The standard InChI is InChI=1S/C4H7N.CH2Cl2/c1-2-3-4-5;2-1-3/h2-3H2,1H3;1H2. The van der Waals surface area contributed by atoms with Crippen molar-refractivity contribution in [1.29, 1.82) is 5.26 Å². The van der Waals surface area contributed by atoms with Crippen LogP contribution < -0.4 is 0 Å². The van der Waals surface area contributed by atoms with Crippen molar-refractivity contribution < 1.29 is 0 Å². The Morgan fingerprint density at radius 1 is 1.50 bits per heavy atom. The normalized spacial score (nSPS) is 6.25. The summed E-state index contributed by atoms with van der Waals surface area (Å²) in [5, 5.41) is 8.01. The Bertz CT molecular complexity index is 57.9. The predicted octanol–water partition coefficient (Wildman–Crippen LogP) is 2.73. The van der Waals surface area contributed by atoms with Gasteiger partial charge in [-0.25, -0.2) is 0 Å². The van der Waals surface area contributed by atoms with Crippen LogP contribution in [-0.4, -0.2) is 5.34 Å². The summed E-state index contributed by atoms with van der Waals surface area (Å²) in [4.78, 5) is 0. The van der Waals surface area contributed by atoms with Gasteiger partial charge in [0.2, 0.25) is 0 Å². The van der Waals surface area contributed by atoms with Crippen molar-refractivity contribution >= 4 is 23.2 Å². The number of alkyl halides is 2. The Kier molecular flexibility index (Phi) is 21.5. The fourth-order valence-corrected chi connectivity index (χ4v) is 0.112. The molecule has 48 valence electrons. The zero-order valence-electron chi connectivity index (χ0n) is 4.82. The minimum absolute atomic E-state index is 0.194. The molecule has 0 saturated carbocycles. The van der Waals surface area contributed by atoms with E-state index in [0.717, 1.165) is 6.42 Å². The van der Waals surface area contributed by atoms with Crippen molar-refractivity contribution in [3.63, 3.8) is 0 Å². The molecule has 0 saturated heterocycles. The third-order valence-corrected chi connectivity index (χ3v) is 0.362. The van der Waals surface area contributed by atoms with E-state index in [1.807, 2.05) is 13.0 Å². The quantitative estimate of drug-likeness (QED) is 0.532. The van der Waals surface area contributed by atoms with Crippen LogP contribution in [0.15, 0.2) is 0 Å². The zero-order valence-corrected chi connectivity index (χ0v) is 6.34. The summed E-state index contributed by atoms with van der Waals surface area (Å²) in [5.41, 5.74) is 0. The number of halogens is 2. The van der Waals surface area contributed by atoms with Gasteiger partial charge in [0, 0.05) is 6.42 Å². The molecule has 0 radical (unpaired) electrons. The first-order valence-corrected chi connectivity index (χ1v) is 3.39. The van der Waals surface area contributed by atoms with Crippen molar-refractivity contribution in [2.45, 2.75) is 19.8 Å². The highest BCUT2D eigenvalue weighted by Gasteiger charge is 1.65. The first-order valence-electron chi connectivity index (χ1n) is 2.32. The van der Waals surface area contributed by atoms with Crippen molar-refractivity contribution in [3.8, 4) is 6.07 Å². The Labute approximate surface area is 60.2 Å². The summed E-state index contributed by atoms with van der Waals surface area (Å²) < 4.78 is 0. The summed E-state index contributed by atoms with van der Waals surface area (Å²) in [7, 11) is 0. The number of nitriles is 1. The lowest BCUT2D eigenvalue weighted by Crippen LogP contribution is -1.53. The van der Waals surface area contributed by atoms with Crippen LogP contribution in [0, 0.1) is 11.3 Å². The molecule has 0 aliphatic carbocycles. The minimum Gasteiger partial charge on any atom is -0.198 e. The lowest BCUT2D eigenvalue weighted by atomic mass is 10.4. The molecule has 0 heterocycles. The summed E-state index contributed by atoms with van der Waals surface area (Å²) in [6.45, 7) is 1.99. The summed E-state index contributed by atoms with van der Waals surface area (Å²) in [5.74, 6) is 0. The Morgan fingerprint density at radius 2 is 1.88 bits per heavy atom. The molecule has 0 amide bonds. The van der Waals surface area contributed by atoms with E-state index in [2.05, 4.69) is 0 Å². The molecule has 0 atom stereocenters. The number of rotatable bonds is 1. The molecule has 0 bridgehead atoms. The molecule has 8 heavy (non-hydrogen) atoms. The highest BCUT2D eigenvalue weighted by molar-refractivity contribution is 6.40. The molecule has 0 unspecified atom stereocenters. The molecule has 0 rings (SSSR count). The number of nitrogens with zero attached hydrogens (tertiary/aromatic N) is 1. The molecular weight excluding hydrogens is 145 g/mol. The van der Waals surface area contributed by atoms with Gasteiger partial charge in [-0.2, -0.15) is 5.26 Å². The van der Waals surface area contributed by atoms with Crippen molar-refractivity contribution in [2.75, 3.05) is 5.34 Å². The molecule has 0 fully saturated rings. The molecule has 3 heteroatoms.